The molecule has 18 heavy (non-hydrogen) atoms. The van der Waals surface area contributed by atoms with Crippen LogP contribution in [0.3, 0.4) is 0 Å². The van der Waals surface area contributed by atoms with Gasteiger partial charge in [-0.3, -0.25) is 9.69 Å². The maximum absolute atomic E-state index is 11.2. The Labute approximate surface area is 108 Å². The quantitative estimate of drug-likeness (QED) is 0.818. The number of carbonyl (C=O) groups is 1. The summed E-state index contributed by atoms with van der Waals surface area (Å²) in [6.07, 6.45) is 3.01. The van der Waals surface area contributed by atoms with Crippen LogP contribution in [0.15, 0.2) is 0 Å². The molecule has 2 saturated heterocycles. The van der Waals surface area contributed by atoms with Gasteiger partial charge in [0.25, 0.3) is 0 Å². The summed E-state index contributed by atoms with van der Waals surface area (Å²) in [6.45, 7) is 5.86. The molecule has 2 atom stereocenters. The minimum Gasteiger partial charge on any atom is -0.481 e. The molecule has 1 N–H and O–H groups in total. The Kier molecular flexibility index (Phi) is 4.59. The highest BCUT2D eigenvalue weighted by atomic mass is 16.5. The van der Waals surface area contributed by atoms with Crippen molar-refractivity contribution in [3.8, 4) is 0 Å². The van der Waals surface area contributed by atoms with E-state index >= 15 is 0 Å². The van der Waals surface area contributed by atoms with Crippen LogP contribution in [0.5, 0.6) is 0 Å². The second kappa shape index (κ2) is 5.99. The third kappa shape index (κ3) is 3.02. The predicted molar refractivity (Wildman–Crippen MR) is 66.6 cm³/mol. The van der Waals surface area contributed by atoms with Crippen molar-refractivity contribution in [1.29, 1.82) is 0 Å². The fourth-order valence-electron chi connectivity index (χ4n) is 3.14. The van der Waals surface area contributed by atoms with Crippen LogP contribution >= 0.6 is 0 Å². The van der Waals surface area contributed by atoms with Crippen LogP contribution in [-0.4, -0.2) is 60.5 Å². The van der Waals surface area contributed by atoms with Crippen molar-refractivity contribution in [1.82, 2.24) is 4.90 Å². The van der Waals surface area contributed by atoms with Crippen LogP contribution < -0.4 is 0 Å². The summed E-state index contributed by atoms with van der Waals surface area (Å²) in [7, 11) is 0. The molecule has 0 aromatic carbocycles. The molecule has 2 aliphatic rings. The predicted octanol–water partition coefficient (Wildman–Crippen LogP) is 1.12. The smallest absolute Gasteiger partial charge is 0.305 e. The number of aliphatic carboxylic acids is 1. The first-order valence-electron chi connectivity index (χ1n) is 6.82. The fourth-order valence-corrected chi connectivity index (χ4v) is 3.14. The molecule has 0 radical (unpaired) electrons. The number of ether oxygens (including phenoxy) is 2. The molecule has 5 heteroatoms. The normalized spacial score (nSPS) is 34.4. The van der Waals surface area contributed by atoms with E-state index in [2.05, 4.69) is 11.8 Å². The zero-order valence-electron chi connectivity index (χ0n) is 11.1. The summed E-state index contributed by atoms with van der Waals surface area (Å²) in [5.74, 6) is -0.710. The molecule has 0 aromatic rings. The molecule has 104 valence electrons. The highest BCUT2D eigenvalue weighted by Gasteiger charge is 2.43. The second-order valence-electron chi connectivity index (χ2n) is 5.25. The summed E-state index contributed by atoms with van der Waals surface area (Å²) in [4.78, 5) is 13.5. The Morgan fingerprint density at radius 3 is 2.72 bits per heavy atom. The lowest BCUT2D eigenvalue weighted by atomic mass is 9.81. The van der Waals surface area contributed by atoms with Gasteiger partial charge >= 0.3 is 5.97 Å². The molecule has 2 aliphatic heterocycles. The van der Waals surface area contributed by atoms with E-state index in [1.165, 1.54) is 0 Å². The van der Waals surface area contributed by atoms with Gasteiger partial charge in [-0.2, -0.15) is 0 Å². The molecular weight excluding hydrogens is 234 g/mol. The van der Waals surface area contributed by atoms with Gasteiger partial charge in [0.05, 0.1) is 25.7 Å². The lowest BCUT2D eigenvalue weighted by Crippen LogP contribution is -2.58. The van der Waals surface area contributed by atoms with E-state index in [4.69, 9.17) is 9.47 Å². The van der Waals surface area contributed by atoms with Crippen LogP contribution in [0.25, 0.3) is 0 Å². The first-order chi connectivity index (χ1) is 8.66. The molecular formula is C13H23NO4. The van der Waals surface area contributed by atoms with Crippen molar-refractivity contribution in [2.45, 2.75) is 44.2 Å². The van der Waals surface area contributed by atoms with Crippen LogP contribution in [0.1, 0.15) is 32.6 Å². The number of hydrogen-bond acceptors (Lipinski definition) is 4. The summed E-state index contributed by atoms with van der Waals surface area (Å²) in [6, 6.07) is 0. The van der Waals surface area contributed by atoms with Gasteiger partial charge in [-0.25, -0.2) is 0 Å². The van der Waals surface area contributed by atoms with E-state index in [1.54, 1.807) is 0 Å². The SMILES string of the molecule is CCC1CC(CC(=O)O)(N2CCOCC2)CCO1. The van der Waals surface area contributed by atoms with Crippen LogP contribution in [0.4, 0.5) is 0 Å². The third-order valence-corrected chi connectivity index (χ3v) is 4.15. The maximum atomic E-state index is 11.2. The van der Waals surface area contributed by atoms with Crippen molar-refractivity contribution in [3.05, 3.63) is 0 Å². The molecule has 0 spiro atoms. The van der Waals surface area contributed by atoms with E-state index in [1.807, 2.05) is 0 Å². The largest absolute Gasteiger partial charge is 0.481 e. The average molecular weight is 257 g/mol. The monoisotopic (exact) mass is 257 g/mol. The molecule has 0 aromatic heterocycles. The van der Waals surface area contributed by atoms with E-state index in [9.17, 15) is 9.90 Å². The number of nitrogens with zero attached hydrogens (tertiary/aromatic N) is 1. The summed E-state index contributed by atoms with van der Waals surface area (Å²) in [5, 5.41) is 9.22. The molecule has 5 nitrogen and oxygen atoms in total. The minimum atomic E-state index is -0.710. The van der Waals surface area contributed by atoms with Crippen molar-refractivity contribution < 1.29 is 19.4 Å². The van der Waals surface area contributed by atoms with Crippen LogP contribution in [-0.2, 0) is 14.3 Å². The van der Waals surface area contributed by atoms with Gasteiger partial charge in [0.2, 0.25) is 0 Å². The second-order valence-corrected chi connectivity index (χ2v) is 5.25. The first kappa shape index (κ1) is 13.8. The lowest BCUT2D eigenvalue weighted by Gasteiger charge is -2.49. The lowest BCUT2D eigenvalue weighted by molar-refractivity contribution is -0.148. The zero-order chi connectivity index (χ0) is 13.0. The molecule has 2 unspecified atom stereocenters. The Hall–Kier alpha value is -0.650. The van der Waals surface area contributed by atoms with Crippen molar-refractivity contribution >= 4 is 5.97 Å². The van der Waals surface area contributed by atoms with Gasteiger partial charge < -0.3 is 14.6 Å². The number of morpholine rings is 1. The maximum Gasteiger partial charge on any atom is 0.305 e. The number of hydrogen-bond donors (Lipinski definition) is 1. The van der Waals surface area contributed by atoms with Gasteiger partial charge in [0.1, 0.15) is 0 Å². The number of rotatable bonds is 4. The first-order valence-corrected chi connectivity index (χ1v) is 6.82. The Balaban J connectivity index is 2.12. The minimum absolute atomic E-state index is 0.195. The van der Waals surface area contributed by atoms with Crippen molar-refractivity contribution in [2.24, 2.45) is 0 Å². The van der Waals surface area contributed by atoms with Crippen molar-refractivity contribution in [3.63, 3.8) is 0 Å². The number of carboxylic acid groups (broad SMARTS) is 1. The Morgan fingerprint density at radius 1 is 1.39 bits per heavy atom. The van der Waals surface area contributed by atoms with E-state index in [0.717, 1.165) is 32.4 Å². The molecule has 2 heterocycles. The van der Waals surface area contributed by atoms with Gasteiger partial charge in [-0.15, -0.1) is 0 Å². The third-order valence-electron chi connectivity index (χ3n) is 4.15. The van der Waals surface area contributed by atoms with Crippen LogP contribution in [0, 0.1) is 0 Å². The average Bonchev–Trinajstić information content (AvgIpc) is 2.39. The molecule has 0 amide bonds. The molecule has 0 bridgehead atoms. The highest BCUT2D eigenvalue weighted by Crippen LogP contribution is 2.35. The van der Waals surface area contributed by atoms with E-state index in [-0.39, 0.29) is 18.1 Å². The zero-order valence-corrected chi connectivity index (χ0v) is 11.1. The summed E-state index contributed by atoms with van der Waals surface area (Å²) < 4.78 is 11.1. The molecule has 0 saturated carbocycles. The fraction of sp³-hybridized carbons (Fsp3) is 0.923. The van der Waals surface area contributed by atoms with Gasteiger partial charge in [0.15, 0.2) is 0 Å². The van der Waals surface area contributed by atoms with E-state index in [0.29, 0.717) is 19.8 Å². The summed E-state index contributed by atoms with van der Waals surface area (Å²) >= 11 is 0. The van der Waals surface area contributed by atoms with E-state index < -0.39 is 5.97 Å². The number of carboxylic acids is 1. The standard InChI is InChI=1S/C13H23NO4/c1-2-11-9-13(3-6-18-11,10-12(15)16)14-4-7-17-8-5-14/h11H,2-10H2,1H3,(H,15,16). The Bertz CT molecular complexity index is 291. The Morgan fingerprint density at radius 2 is 2.11 bits per heavy atom. The van der Waals surface area contributed by atoms with Crippen molar-refractivity contribution in [2.75, 3.05) is 32.9 Å². The van der Waals surface area contributed by atoms with Gasteiger partial charge in [-0.1, -0.05) is 6.92 Å². The van der Waals surface area contributed by atoms with Gasteiger partial charge in [0, 0.05) is 25.2 Å². The highest BCUT2D eigenvalue weighted by molar-refractivity contribution is 5.68. The molecule has 0 aliphatic carbocycles. The topological polar surface area (TPSA) is 59.0 Å². The molecule has 2 fully saturated rings. The summed E-state index contributed by atoms with van der Waals surface area (Å²) in [5.41, 5.74) is -0.228. The molecule has 2 rings (SSSR count). The van der Waals surface area contributed by atoms with Gasteiger partial charge in [-0.05, 0) is 19.3 Å². The van der Waals surface area contributed by atoms with Crippen LogP contribution in [0.2, 0.25) is 0 Å².